The third-order valence-corrected chi connectivity index (χ3v) is 11.1. The van der Waals surface area contributed by atoms with Crippen LogP contribution in [0.3, 0.4) is 0 Å². The molecule has 3 N–H and O–H groups in total. The first-order chi connectivity index (χ1) is 17.1. The van der Waals surface area contributed by atoms with E-state index in [1.54, 1.807) is 6.07 Å². The van der Waals surface area contributed by atoms with Gasteiger partial charge in [0.05, 0.1) is 18.8 Å². The van der Waals surface area contributed by atoms with E-state index in [-0.39, 0.29) is 34.9 Å². The SMILES string of the molecule is COC[C@]12CC[C@@](C)(O)C[C@@H]1CC[C@H]1[C@@H]3CC[C@H](C(=O)CNc4cc(F)ccc4C=N)[C@@]3(C)CC[C@@H]12. The molecule has 4 aliphatic rings. The monoisotopic (exact) mass is 498 g/mol. The van der Waals surface area contributed by atoms with Gasteiger partial charge < -0.3 is 20.6 Å². The van der Waals surface area contributed by atoms with Crippen LogP contribution < -0.4 is 5.32 Å². The minimum Gasteiger partial charge on any atom is -0.390 e. The maximum atomic E-state index is 13.8. The Bertz CT molecular complexity index is 1010. The normalized spacial score (nSPS) is 41.6. The maximum absolute atomic E-state index is 13.8. The number of fused-ring (bicyclic) bond motifs is 5. The molecule has 1 aromatic carbocycles. The van der Waals surface area contributed by atoms with Crippen LogP contribution in [0.25, 0.3) is 0 Å². The van der Waals surface area contributed by atoms with Gasteiger partial charge in [-0.3, -0.25) is 4.79 Å². The zero-order valence-electron chi connectivity index (χ0n) is 22.1. The Balaban J connectivity index is 1.32. The number of aliphatic hydroxyl groups is 1. The van der Waals surface area contributed by atoms with Crippen LogP contribution in [0.5, 0.6) is 0 Å². The van der Waals surface area contributed by atoms with E-state index in [1.165, 1.54) is 24.8 Å². The van der Waals surface area contributed by atoms with Gasteiger partial charge in [0.25, 0.3) is 0 Å². The number of ketones is 1. The third-order valence-electron chi connectivity index (χ3n) is 11.1. The van der Waals surface area contributed by atoms with E-state index in [9.17, 15) is 14.3 Å². The van der Waals surface area contributed by atoms with Crippen molar-refractivity contribution >= 4 is 17.7 Å². The molecule has 4 aliphatic carbocycles. The average Bonchev–Trinajstić information content (AvgIpc) is 3.20. The van der Waals surface area contributed by atoms with E-state index in [1.807, 2.05) is 14.0 Å². The summed E-state index contributed by atoms with van der Waals surface area (Å²) in [4.78, 5) is 13.5. The number of methoxy groups -OCH3 is 1. The van der Waals surface area contributed by atoms with Crippen molar-refractivity contribution in [3.63, 3.8) is 0 Å². The van der Waals surface area contributed by atoms with Crippen LogP contribution in [0.1, 0.15) is 77.2 Å². The molecule has 1 aromatic rings. The lowest BCUT2D eigenvalue weighted by Gasteiger charge is -2.62. The van der Waals surface area contributed by atoms with Gasteiger partial charge >= 0.3 is 0 Å². The summed E-state index contributed by atoms with van der Waals surface area (Å²) in [5.74, 6) is 2.17. The minimum absolute atomic E-state index is 0.00744. The van der Waals surface area contributed by atoms with Crippen molar-refractivity contribution < 1.29 is 19.0 Å². The first-order valence-corrected chi connectivity index (χ1v) is 13.9. The number of Topliss-reactive ketones (excluding diaryl/α,β-unsaturated/α-hetero) is 1. The summed E-state index contributed by atoms with van der Waals surface area (Å²) in [5, 5.41) is 21.6. The number of rotatable bonds is 7. The fourth-order valence-electron chi connectivity index (χ4n) is 9.43. The summed E-state index contributed by atoms with van der Waals surface area (Å²) >= 11 is 0. The maximum Gasteiger partial charge on any atom is 0.155 e. The number of nitrogens with one attached hydrogen (secondary N) is 2. The van der Waals surface area contributed by atoms with Crippen LogP contribution in [-0.2, 0) is 9.53 Å². The standard InChI is InChI=1S/C30H43FN2O3/c1-28(35)12-13-30(18-36-3)20(15-28)5-7-22-23-8-9-25(29(23,2)11-10-24(22)30)27(34)17-33-26-14-21(31)6-4-19(26)16-32/h4,6,14,16,20,22-25,32-33,35H,5,7-13,15,17-18H2,1-3H3/t20-,22-,23-,24-,25+,28+,29-,30+/m0/s1. The number of hydrogen-bond acceptors (Lipinski definition) is 5. The molecule has 0 bridgehead atoms. The van der Waals surface area contributed by atoms with Gasteiger partial charge in [0.15, 0.2) is 5.78 Å². The van der Waals surface area contributed by atoms with E-state index in [4.69, 9.17) is 10.1 Å². The smallest absolute Gasteiger partial charge is 0.155 e. The summed E-state index contributed by atoms with van der Waals surface area (Å²) in [7, 11) is 1.83. The topological polar surface area (TPSA) is 82.4 Å². The molecule has 0 saturated heterocycles. The van der Waals surface area contributed by atoms with Crippen molar-refractivity contribution in [1.82, 2.24) is 0 Å². The van der Waals surface area contributed by atoms with Gasteiger partial charge in [-0.15, -0.1) is 0 Å². The zero-order valence-corrected chi connectivity index (χ0v) is 22.1. The number of halogens is 1. The fraction of sp³-hybridized carbons (Fsp3) is 0.733. The molecule has 198 valence electrons. The second-order valence-electron chi connectivity index (χ2n) is 12.9. The largest absolute Gasteiger partial charge is 0.390 e. The van der Waals surface area contributed by atoms with Gasteiger partial charge in [0.1, 0.15) is 5.82 Å². The summed E-state index contributed by atoms with van der Waals surface area (Å²) in [6.45, 7) is 5.32. The highest BCUT2D eigenvalue weighted by Gasteiger charge is 2.63. The van der Waals surface area contributed by atoms with Crippen molar-refractivity contribution in [3.05, 3.63) is 29.6 Å². The quantitative estimate of drug-likeness (QED) is 0.413. The Morgan fingerprint density at radius 2 is 1.97 bits per heavy atom. The van der Waals surface area contributed by atoms with Crippen molar-refractivity contribution in [3.8, 4) is 0 Å². The molecule has 0 radical (unpaired) electrons. The van der Waals surface area contributed by atoms with E-state index < -0.39 is 5.60 Å². The van der Waals surface area contributed by atoms with Gasteiger partial charge in [0, 0.05) is 30.5 Å². The highest BCUT2D eigenvalue weighted by molar-refractivity contribution is 5.90. The highest BCUT2D eigenvalue weighted by Crippen LogP contribution is 2.68. The zero-order chi connectivity index (χ0) is 25.7. The van der Waals surface area contributed by atoms with Crippen LogP contribution in [0.4, 0.5) is 10.1 Å². The predicted octanol–water partition coefficient (Wildman–Crippen LogP) is 5.84. The summed E-state index contributed by atoms with van der Waals surface area (Å²) < 4.78 is 19.6. The third kappa shape index (κ3) is 4.22. The second kappa shape index (κ2) is 9.50. The Morgan fingerprint density at radius 3 is 2.72 bits per heavy atom. The van der Waals surface area contributed by atoms with Gasteiger partial charge in [-0.1, -0.05) is 6.92 Å². The molecular formula is C30H43FN2O3. The predicted molar refractivity (Wildman–Crippen MR) is 140 cm³/mol. The number of benzene rings is 1. The van der Waals surface area contributed by atoms with Gasteiger partial charge in [0.2, 0.25) is 0 Å². The Morgan fingerprint density at radius 1 is 1.17 bits per heavy atom. The summed E-state index contributed by atoms with van der Waals surface area (Å²) in [5.41, 5.74) is 0.704. The van der Waals surface area contributed by atoms with E-state index in [0.717, 1.165) is 58.0 Å². The summed E-state index contributed by atoms with van der Waals surface area (Å²) in [6, 6.07) is 4.28. The Kier molecular flexibility index (Phi) is 6.82. The molecule has 36 heavy (non-hydrogen) atoms. The first kappa shape index (κ1) is 25.8. The van der Waals surface area contributed by atoms with Crippen LogP contribution in [0, 0.1) is 51.6 Å². The Hall–Kier alpha value is -1.79. The van der Waals surface area contributed by atoms with Gasteiger partial charge in [-0.25, -0.2) is 4.39 Å². The molecule has 4 saturated carbocycles. The molecule has 0 aliphatic heterocycles. The van der Waals surface area contributed by atoms with E-state index in [0.29, 0.717) is 34.9 Å². The number of carbonyl (C=O) groups is 1. The van der Waals surface area contributed by atoms with Gasteiger partial charge in [-0.2, -0.15) is 0 Å². The molecule has 0 spiro atoms. The van der Waals surface area contributed by atoms with Crippen LogP contribution in [0.2, 0.25) is 0 Å². The van der Waals surface area contributed by atoms with E-state index >= 15 is 0 Å². The molecule has 0 amide bonds. The minimum atomic E-state index is -0.560. The van der Waals surface area contributed by atoms with Crippen LogP contribution >= 0.6 is 0 Å². The van der Waals surface area contributed by atoms with Crippen molar-refractivity contribution in [2.75, 3.05) is 25.6 Å². The number of hydrogen-bond donors (Lipinski definition) is 3. The van der Waals surface area contributed by atoms with Gasteiger partial charge in [-0.05, 0) is 117 Å². The molecule has 5 nitrogen and oxygen atoms in total. The molecule has 5 rings (SSSR count). The average molecular weight is 499 g/mol. The van der Waals surface area contributed by atoms with Crippen molar-refractivity contribution in [2.24, 2.45) is 40.4 Å². The fourth-order valence-corrected chi connectivity index (χ4v) is 9.43. The highest BCUT2D eigenvalue weighted by atomic mass is 19.1. The lowest BCUT2D eigenvalue weighted by Crippen LogP contribution is -2.58. The Labute approximate surface area is 215 Å². The van der Waals surface area contributed by atoms with Crippen molar-refractivity contribution in [2.45, 2.75) is 77.2 Å². The molecule has 8 atom stereocenters. The summed E-state index contributed by atoms with van der Waals surface area (Å²) in [6.07, 6.45) is 10.5. The molecule has 0 aromatic heterocycles. The molecule has 0 heterocycles. The van der Waals surface area contributed by atoms with Crippen LogP contribution in [0.15, 0.2) is 18.2 Å². The number of anilines is 1. The lowest BCUT2D eigenvalue weighted by molar-refractivity contribution is -0.175. The number of ether oxygens (including phenoxy) is 1. The molecular weight excluding hydrogens is 455 g/mol. The number of carbonyl (C=O) groups excluding carboxylic acids is 1. The molecule has 6 heteroatoms. The van der Waals surface area contributed by atoms with Crippen LogP contribution in [-0.4, -0.2) is 43.0 Å². The van der Waals surface area contributed by atoms with E-state index in [2.05, 4.69) is 12.2 Å². The molecule has 4 fully saturated rings. The first-order valence-electron chi connectivity index (χ1n) is 13.9. The molecule has 0 unspecified atom stereocenters. The van der Waals surface area contributed by atoms with Crippen molar-refractivity contribution in [1.29, 1.82) is 5.41 Å². The second-order valence-corrected chi connectivity index (χ2v) is 12.9. The lowest BCUT2D eigenvalue weighted by atomic mass is 9.43.